The summed E-state index contributed by atoms with van der Waals surface area (Å²) >= 11 is 0. The number of aliphatic hydroxyl groups excluding tert-OH is 1. The van der Waals surface area contributed by atoms with Gasteiger partial charge in [0.25, 0.3) is 0 Å². The van der Waals surface area contributed by atoms with Crippen molar-refractivity contribution in [3.05, 3.63) is 0 Å². The van der Waals surface area contributed by atoms with Crippen LogP contribution in [0.25, 0.3) is 0 Å². The number of hydrogen-bond donors (Lipinski definition) is 3. The van der Waals surface area contributed by atoms with Gasteiger partial charge in [0.1, 0.15) is 19.3 Å². The van der Waals surface area contributed by atoms with Crippen LogP contribution in [-0.4, -0.2) is 96.7 Å². The molecule has 114 heavy (non-hydrogen) atoms. The highest BCUT2D eigenvalue weighted by Crippen LogP contribution is 2.45. The average molecular weight is 1660 g/mol. The maximum atomic E-state index is 13.2. The quantitative estimate of drug-likeness (QED) is 0.0222. The van der Waals surface area contributed by atoms with Crippen molar-refractivity contribution in [2.75, 3.05) is 39.6 Å². The standard InChI is InChI=1S/C95H186O17P2/c1-6-10-13-16-19-22-25-28-30-32-34-36-40-44-49-54-59-64-69-74-79-93(98)106-85-91(112-95(100)81-76-71-66-61-56-51-46-42-38-37-39-43-48-52-57-62-67-72-77-88(5)9-4)87-110-114(103,104)108-83-89(96)82-107-113(101,102)109-86-90(84-105-92(97)78-73-68-63-58-53-47-27-24-21-18-15-12-8-3)111-94(99)80-75-70-65-60-55-50-45-41-35-33-31-29-26-23-20-17-14-11-7-2/h88-91,96H,6-87H2,1-5H3,(H,101,102)(H,103,104)/t88?,89-,90+,91+/m0/s1. The molecule has 0 aliphatic heterocycles. The first-order chi connectivity index (χ1) is 55.6. The largest absolute Gasteiger partial charge is 0.472 e. The zero-order valence-corrected chi connectivity index (χ0v) is 77.0. The second-order valence-electron chi connectivity index (χ2n) is 34.4. The molecule has 0 aromatic rings. The van der Waals surface area contributed by atoms with Crippen LogP contribution in [0.1, 0.15) is 523 Å². The minimum Gasteiger partial charge on any atom is -0.462 e. The van der Waals surface area contributed by atoms with Crippen molar-refractivity contribution in [2.24, 2.45) is 5.92 Å². The van der Waals surface area contributed by atoms with Gasteiger partial charge in [0.15, 0.2) is 12.2 Å². The van der Waals surface area contributed by atoms with Crippen molar-refractivity contribution < 1.29 is 80.2 Å². The lowest BCUT2D eigenvalue weighted by Crippen LogP contribution is -2.30. The molecular weight excluding hydrogens is 1470 g/mol. The third-order valence-electron chi connectivity index (χ3n) is 22.9. The van der Waals surface area contributed by atoms with E-state index in [2.05, 4.69) is 34.6 Å². The SMILES string of the molecule is CCCCCCCCCCCCCCCCCCCCCCC(=O)OC[C@H](COP(=O)(O)OC[C@@H](O)COP(=O)(O)OC[C@@H](COC(=O)CCCCCCCCCCCCCCC)OC(=O)CCCCCCCCCCCCCCCCCCCCC)OC(=O)CCCCCCCCCCCCCCCCCCCCC(C)CC. The van der Waals surface area contributed by atoms with Gasteiger partial charge >= 0.3 is 39.5 Å². The Kier molecular flexibility index (Phi) is 85.9. The lowest BCUT2D eigenvalue weighted by atomic mass is 9.99. The monoisotopic (exact) mass is 1660 g/mol. The second kappa shape index (κ2) is 87.4. The number of ether oxygens (including phenoxy) is 4. The highest BCUT2D eigenvalue weighted by atomic mass is 31.2. The van der Waals surface area contributed by atoms with Crippen molar-refractivity contribution in [3.8, 4) is 0 Å². The number of phosphoric acid groups is 2. The summed E-state index contributed by atoms with van der Waals surface area (Å²) in [6.07, 6.45) is 84.8. The molecule has 3 N–H and O–H groups in total. The number of unbranched alkanes of at least 4 members (excludes halogenated alkanes) is 66. The molecule has 0 aromatic carbocycles. The fourth-order valence-electron chi connectivity index (χ4n) is 15.0. The molecule has 17 nitrogen and oxygen atoms in total. The molecule has 0 heterocycles. The molecule has 0 aliphatic carbocycles. The Hall–Kier alpha value is -1.94. The van der Waals surface area contributed by atoms with E-state index in [1.807, 2.05) is 0 Å². The molecule has 0 rings (SSSR count). The first kappa shape index (κ1) is 112. The Morgan fingerprint density at radius 2 is 0.421 bits per heavy atom. The molecule has 0 fully saturated rings. The maximum Gasteiger partial charge on any atom is 0.472 e. The molecule has 19 heteroatoms. The number of aliphatic hydroxyl groups is 1. The summed E-state index contributed by atoms with van der Waals surface area (Å²) in [4.78, 5) is 73.6. The van der Waals surface area contributed by atoms with Gasteiger partial charge in [0.2, 0.25) is 0 Å². The topological polar surface area (TPSA) is 237 Å². The lowest BCUT2D eigenvalue weighted by molar-refractivity contribution is -0.161. The van der Waals surface area contributed by atoms with Gasteiger partial charge in [-0.2, -0.15) is 0 Å². The van der Waals surface area contributed by atoms with Crippen LogP contribution in [0.3, 0.4) is 0 Å². The molecule has 0 saturated heterocycles. The summed E-state index contributed by atoms with van der Waals surface area (Å²) in [6.45, 7) is 7.49. The molecule has 678 valence electrons. The zero-order chi connectivity index (χ0) is 83.3. The van der Waals surface area contributed by atoms with Crippen LogP contribution in [0.4, 0.5) is 0 Å². The summed E-state index contributed by atoms with van der Waals surface area (Å²) in [6, 6.07) is 0. The van der Waals surface area contributed by atoms with Crippen LogP contribution in [0.15, 0.2) is 0 Å². The van der Waals surface area contributed by atoms with E-state index < -0.39 is 97.5 Å². The van der Waals surface area contributed by atoms with Gasteiger partial charge in [-0.3, -0.25) is 37.3 Å². The Morgan fingerprint density at radius 1 is 0.246 bits per heavy atom. The Labute approximate surface area is 702 Å². The number of carbonyl (C=O) groups is 4. The van der Waals surface area contributed by atoms with Gasteiger partial charge in [-0.1, -0.05) is 471 Å². The molecule has 0 amide bonds. The smallest absolute Gasteiger partial charge is 0.462 e. The molecule has 6 atom stereocenters. The van der Waals surface area contributed by atoms with E-state index in [-0.39, 0.29) is 25.7 Å². The third-order valence-corrected chi connectivity index (χ3v) is 24.8. The second-order valence-corrected chi connectivity index (χ2v) is 37.3. The van der Waals surface area contributed by atoms with E-state index in [4.69, 9.17) is 37.0 Å². The van der Waals surface area contributed by atoms with E-state index in [9.17, 15) is 43.2 Å². The van der Waals surface area contributed by atoms with Crippen LogP contribution >= 0.6 is 15.6 Å². The number of carbonyl (C=O) groups excluding carboxylic acids is 4. The van der Waals surface area contributed by atoms with E-state index >= 15 is 0 Å². The Morgan fingerprint density at radius 3 is 0.623 bits per heavy atom. The molecule has 3 unspecified atom stereocenters. The first-order valence-corrected chi connectivity index (χ1v) is 52.2. The fraction of sp³-hybridized carbons (Fsp3) is 0.958. The number of rotatable bonds is 95. The normalized spacial score (nSPS) is 13.9. The van der Waals surface area contributed by atoms with Gasteiger partial charge in [0, 0.05) is 25.7 Å². The average Bonchev–Trinajstić information content (AvgIpc) is 0.895. The summed E-state index contributed by atoms with van der Waals surface area (Å²) < 4.78 is 69.2. The molecule has 0 aromatic heterocycles. The molecule has 0 aliphatic rings. The Bertz CT molecular complexity index is 2150. The van der Waals surface area contributed by atoms with Gasteiger partial charge < -0.3 is 33.8 Å². The van der Waals surface area contributed by atoms with E-state index in [1.54, 1.807) is 0 Å². The summed E-state index contributed by atoms with van der Waals surface area (Å²) in [5.74, 6) is -1.22. The first-order valence-electron chi connectivity index (χ1n) is 49.2. The predicted octanol–water partition coefficient (Wildman–Crippen LogP) is 29.9. The maximum absolute atomic E-state index is 13.2. The Balaban J connectivity index is 5.25. The van der Waals surface area contributed by atoms with Crippen LogP contribution in [0.2, 0.25) is 0 Å². The number of esters is 4. The van der Waals surface area contributed by atoms with Gasteiger partial charge in [0.05, 0.1) is 26.4 Å². The number of phosphoric ester groups is 2. The zero-order valence-electron chi connectivity index (χ0n) is 75.2. The minimum atomic E-state index is -4.97. The van der Waals surface area contributed by atoms with E-state index in [1.165, 1.54) is 347 Å². The van der Waals surface area contributed by atoms with E-state index in [0.717, 1.165) is 95.8 Å². The molecular formula is C95H186O17P2. The fourth-order valence-corrected chi connectivity index (χ4v) is 16.6. The van der Waals surface area contributed by atoms with Gasteiger partial charge in [-0.25, -0.2) is 9.13 Å². The van der Waals surface area contributed by atoms with Crippen molar-refractivity contribution in [1.29, 1.82) is 0 Å². The van der Waals surface area contributed by atoms with Crippen molar-refractivity contribution in [2.45, 2.75) is 541 Å². The lowest BCUT2D eigenvalue weighted by Gasteiger charge is -2.21. The van der Waals surface area contributed by atoms with Crippen molar-refractivity contribution in [1.82, 2.24) is 0 Å². The molecule has 0 radical (unpaired) electrons. The molecule has 0 spiro atoms. The number of hydrogen-bond acceptors (Lipinski definition) is 15. The summed E-state index contributed by atoms with van der Waals surface area (Å²) in [5.41, 5.74) is 0. The van der Waals surface area contributed by atoms with Crippen molar-refractivity contribution in [3.63, 3.8) is 0 Å². The highest BCUT2D eigenvalue weighted by Gasteiger charge is 2.31. The van der Waals surface area contributed by atoms with Gasteiger partial charge in [-0.05, 0) is 31.6 Å². The van der Waals surface area contributed by atoms with Crippen LogP contribution in [0.5, 0.6) is 0 Å². The molecule has 0 saturated carbocycles. The summed E-state index contributed by atoms with van der Waals surface area (Å²) in [7, 11) is -9.94. The van der Waals surface area contributed by atoms with Crippen LogP contribution in [0, 0.1) is 5.92 Å². The third kappa shape index (κ3) is 86.4. The van der Waals surface area contributed by atoms with Crippen LogP contribution in [-0.2, 0) is 65.4 Å². The van der Waals surface area contributed by atoms with Gasteiger partial charge in [-0.15, -0.1) is 0 Å². The molecule has 0 bridgehead atoms. The minimum absolute atomic E-state index is 0.110. The predicted molar refractivity (Wildman–Crippen MR) is 474 cm³/mol. The highest BCUT2D eigenvalue weighted by molar-refractivity contribution is 7.47. The van der Waals surface area contributed by atoms with E-state index in [0.29, 0.717) is 25.7 Å². The van der Waals surface area contributed by atoms with Crippen molar-refractivity contribution >= 4 is 39.5 Å². The van der Waals surface area contributed by atoms with Crippen LogP contribution < -0.4 is 0 Å². The summed E-state index contributed by atoms with van der Waals surface area (Å²) in [5, 5.41) is 10.7.